The summed E-state index contributed by atoms with van der Waals surface area (Å²) in [7, 11) is 0. The Kier molecular flexibility index (Phi) is 7.92. The predicted molar refractivity (Wildman–Crippen MR) is 141 cm³/mol. The van der Waals surface area contributed by atoms with Gasteiger partial charge in [-0.1, -0.05) is 41.4 Å². The number of carbonyl (C=O) groups excluding carboxylic acids is 3. The van der Waals surface area contributed by atoms with Gasteiger partial charge in [-0.05, 0) is 49.8 Å². The Bertz CT molecular complexity index is 1300. The number of rotatable bonds is 7. The maximum absolute atomic E-state index is 13.0. The van der Waals surface area contributed by atoms with Crippen molar-refractivity contribution in [3.05, 3.63) is 82.1 Å². The molecule has 0 radical (unpaired) electrons. The summed E-state index contributed by atoms with van der Waals surface area (Å²) >= 11 is 12.2. The summed E-state index contributed by atoms with van der Waals surface area (Å²) in [5, 5.41) is 15.4. The van der Waals surface area contributed by atoms with Gasteiger partial charge in [-0.2, -0.15) is 5.10 Å². The number of H-pyrrole nitrogens is 1. The van der Waals surface area contributed by atoms with Crippen molar-refractivity contribution < 1.29 is 14.4 Å². The summed E-state index contributed by atoms with van der Waals surface area (Å²) in [4.78, 5) is 39.6. The highest BCUT2D eigenvalue weighted by atomic mass is 35.5. The number of allylic oxidation sites excluding steroid dienone is 1. The van der Waals surface area contributed by atoms with Crippen LogP contribution in [-0.2, 0) is 4.79 Å². The lowest BCUT2D eigenvalue weighted by Gasteiger charge is -2.20. The Morgan fingerprint density at radius 1 is 1.08 bits per heavy atom. The van der Waals surface area contributed by atoms with Gasteiger partial charge in [0, 0.05) is 30.5 Å². The number of anilines is 3. The number of hydrogen-bond acceptors (Lipinski definition) is 5. The Morgan fingerprint density at radius 3 is 2.58 bits per heavy atom. The number of aromatic amines is 1. The molecular weight excluding hydrogens is 503 g/mol. The van der Waals surface area contributed by atoms with E-state index in [-0.39, 0.29) is 38.9 Å². The van der Waals surface area contributed by atoms with Crippen LogP contribution in [0.4, 0.5) is 17.1 Å². The van der Waals surface area contributed by atoms with Gasteiger partial charge in [0.05, 0.1) is 27.5 Å². The normalized spacial score (nSPS) is 15.2. The average molecular weight is 527 g/mol. The van der Waals surface area contributed by atoms with Gasteiger partial charge < -0.3 is 20.9 Å². The number of nitrogens with zero attached hydrogens (tertiary/aromatic N) is 2. The molecule has 1 atom stereocenters. The SMILES string of the molecule is C/C=C/C(=O)Nc1cccc(N2CC[C@H](NC(=O)c3[nH]ncc3NC(=O)c3c(Cl)cccc3Cl)C2)c1. The second-order valence-corrected chi connectivity index (χ2v) is 8.97. The Morgan fingerprint density at radius 2 is 1.83 bits per heavy atom. The molecule has 1 aliphatic heterocycles. The van der Waals surface area contributed by atoms with Gasteiger partial charge in [-0.3, -0.25) is 19.5 Å². The summed E-state index contributed by atoms with van der Waals surface area (Å²) < 4.78 is 0. The van der Waals surface area contributed by atoms with E-state index in [1.54, 1.807) is 31.2 Å². The fourth-order valence-corrected chi connectivity index (χ4v) is 4.51. The highest BCUT2D eigenvalue weighted by molar-refractivity contribution is 6.40. The second-order valence-electron chi connectivity index (χ2n) is 8.15. The zero-order valence-corrected chi connectivity index (χ0v) is 20.9. The van der Waals surface area contributed by atoms with E-state index in [0.717, 1.165) is 18.7 Å². The zero-order valence-electron chi connectivity index (χ0n) is 19.3. The molecule has 0 unspecified atom stereocenters. The number of hydrogen-bond donors (Lipinski definition) is 4. The van der Waals surface area contributed by atoms with Crippen LogP contribution >= 0.6 is 23.2 Å². The molecule has 0 aliphatic carbocycles. The third-order valence-corrected chi connectivity index (χ3v) is 6.25. The number of aromatic nitrogens is 2. The molecular formula is C25H24Cl2N6O3. The van der Waals surface area contributed by atoms with Crippen LogP contribution in [0.15, 0.2) is 60.8 Å². The van der Waals surface area contributed by atoms with E-state index in [1.807, 2.05) is 24.3 Å². The summed E-state index contributed by atoms with van der Waals surface area (Å²) in [6.07, 6.45) is 5.22. The van der Waals surface area contributed by atoms with Crippen molar-refractivity contribution in [2.24, 2.45) is 0 Å². The van der Waals surface area contributed by atoms with Crippen molar-refractivity contribution in [1.29, 1.82) is 0 Å². The van der Waals surface area contributed by atoms with E-state index in [0.29, 0.717) is 12.2 Å². The highest BCUT2D eigenvalue weighted by Crippen LogP contribution is 2.26. The van der Waals surface area contributed by atoms with Crippen LogP contribution in [0.2, 0.25) is 10.0 Å². The Labute approximate surface area is 217 Å². The number of nitrogens with one attached hydrogen (secondary N) is 4. The average Bonchev–Trinajstić information content (AvgIpc) is 3.49. The summed E-state index contributed by atoms with van der Waals surface area (Å²) in [5.74, 6) is -1.14. The number of halogens is 2. The van der Waals surface area contributed by atoms with Gasteiger partial charge in [-0.25, -0.2) is 0 Å². The van der Waals surface area contributed by atoms with Crippen LogP contribution in [0.3, 0.4) is 0 Å². The molecule has 1 aromatic heterocycles. The first-order valence-corrected chi connectivity index (χ1v) is 12.0. The van der Waals surface area contributed by atoms with Crippen molar-refractivity contribution in [3.8, 4) is 0 Å². The van der Waals surface area contributed by atoms with Crippen LogP contribution in [0, 0.1) is 0 Å². The molecule has 1 saturated heterocycles. The van der Waals surface area contributed by atoms with E-state index in [9.17, 15) is 14.4 Å². The van der Waals surface area contributed by atoms with Crippen LogP contribution in [-0.4, -0.2) is 47.1 Å². The molecule has 36 heavy (non-hydrogen) atoms. The fraction of sp³-hybridized carbons (Fsp3) is 0.200. The van der Waals surface area contributed by atoms with Gasteiger partial charge in [0.15, 0.2) is 0 Å². The van der Waals surface area contributed by atoms with E-state index in [2.05, 4.69) is 31.0 Å². The standard InChI is InChI=1S/C25H24Cl2N6O3/c1-2-5-21(34)29-15-6-3-7-17(12-15)33-11-10-16(14-33)30-25(36)23-20(13-28-32-23)31-24(35)22-18(26)8-4-9-19(22)27/h2-9,12-13,16H,10-11,14H2,1H3,(H,28,32)(H,29,34)(H,30,36)(H,31,35)/b5-2+/t16-/m0/s1. The smallest absolute Gasteiger partial charge is 0.271 e. The third-order valence-electron chi connectivity index (χ3n) is 5.62. The van der Waals surface area contributed by atoms with Crippen LogP contribution in [0.25, 0.3) is 0 Å². The minimum Gasteiger partial charge on any atom is -0.369 e. The molecule has 1 fully saturated rings. The zero-order chi connectivity index (χ0) is 25.7. The molecule has 11 heteroatoms. The van der Waals surface area contributed by atoms with Crippen LogP contribution < -0.4 is 20.9 Å². The van der Waals surface area contributed by atoms with Gasteiger partial charge in [-0.15, -0.1) is 0 Å². The van der Waals surface area contributed by atoms with E-state index in [4.69, 9.17) is 23.2 Å². The molecule has 4 N–H and O–H groups in total. The van der Waals surface area contributed by atoms with Crippen molar-refractivity contribution in [1.82, 2.24) is 15.5 Å². The molecule has 2 heterocycles. The Hall–Kier alpha value is -3.82. The lowest BCUT2D eigenvalue weighted by atomic mass is 10.2. The highest BCUT2D eigenvalue weighted by Gasteiger charge is 2.27. The first-order valence-electron chi connectivity index (χ1n) is 11.2. The summed E-state index contributed by atoms with van der Waals surface area (Å²) in [6, 6.07) is 12.2. The predicted octanol–water partition coefficient (Wildman–Crippen LogP) is 4.49. The number of carbonyl (C=O) groups is 3. The minimum atomic E-state index is -0.547. The Balaban J connectivity index is 1.38. The van der Waals surface area contributed by atoms with Crippen LogP contribution in [0.1, 0.15) is 34.2 Å². The van der Waals surface area contributed by atoms with E-state index >= 15 is 0 Å². The van der Waals surface area contributed by atoms with Crippen molar-refractivity contribution in [2.75, 3.05) is 28.6 Å². The monoisotopic (exact) mass is 526 g/mol. The van der Waals surface area contributed by atoms with Crippen LogP contribution in [0.5, 0.6) is 0 Å². The lowest BCUT2D eigenvalue weighted by molar-refractivity contribution is -0.111. The molecule has 186 valence electrons. The maximum atomic E-state index is 13.0. The molecule has 3 aromatic rings. The second kappa shape index (κ2) is 11.3. The molecule has 2 aromatic carbocycles. The van der Waals surface area contributed by atoms with Crippen molar-refractivity contribution in [2.45, 2.75) is 19.4 Å². The summed E-state index contributed by atoms with van der Waals surface area (Å²) in [6.45, 7) is 3.10. The largest absolute Gasteiger partial charge is 0.369 e. The van der Waals surface area contributed by atoms with E-state index in [1.165, 1.54) is 12.3 Å². The quantitative estimate of drug-likeness (QED) is 0.338. The van der Waals surface area contributed by atoms with Gasteiger partial charge in [0.25, 0.3) is 11.8 Å². The maximum Gasteiger partial charge on any atom is 0.271 e. The van der Waals surface area contributed by atoms with Gasteiger partial charge in [0.2, 0.25) is 5.91 Å². The first-order chi connectivity index (χ1) is 17.4. The third kappa shape index (κ3) is 5.87. The molecule has 1 aliphatic rings. The fourth-order valence-electron chi connectivity index (χ4n) is 3.94. The van der Waals surface area contributed by atoms with Gasteiger partial charge in [0.1, 0.15) is 5.69 Å². The molecule has 0 saturated carbocycles. The first kappa shape index (κ1) is 25.3. The molecule has 3 amide bonds. The lowest BCUT2D eigenvalue weighted by Crippen LogP contribution is -2.37. The molecule has 0 spiro atoms. The molecule has 0 bridgehead atoms. The number of amides is 3. The van der Waals surface area contributed by atoms with E-state index < -0.39 is 11.8 Å². The van der Waals surface area contributed by atoms with Crippen molar-refractivity contribution in [3.63, 3.8) is 0 Å². The minimum absolute atomic E-state index is 0.115. The summed E-state index contributed by atoms with van der Waals surface area (Å²) in [5.41, 5.74) is 2.09. The van der Waals surface area contributed by atoms with Crippen molar-refractivity contribution >= 4 is 58.0 Å². The van der Waals surface area contributed by atoms with Gasteiger partial charge >= 0.3 is 0 Å². The topological polar surface area (TPSA) is 119 Å². The number of benzene rings is 2. The molecule has 9 nitrogen and oxygen atoms in total. The molecule has 4 rings (SSSR count).